The van der Waals surface area contributed by atoms with Gasteiger partial charge in [-0.3, -0.25) is 19.9 Å². The van der Waals surface area contributed by atoms with Crippen LogP contribution >= 0.6 is 0 Å². The lowest BCUT2D eigenvalue weighted by Gasteiger charge is -2.15. The normalized spacial score (nSPS) is 12.6. The molecule has 0 fully saturated rings. The van der Waals surface area contributed by atoms with Crippen LogP contribution < -0.4 is 0 Å². The molecule has 3 aromatic carbocycles. The van der Waals surface area contributed by atoms with Crippen molar-refractivity contribution in [3.63, 3.8) is 0 Å². The molecule has 0 amide bonds. The summed E-state index contributed by atoms with van der Waals surface area (Å²) in [4.78, 5) is 18.8. The fourth-order valence-corrected chi connectivity index (χ4v) is 5.59. The minimum absolute atomic E-state index is 0.814. The monoisotopic (exact) mass is 554 g/mol. The Morgan fingerprint density at radius 1 is 0.465 bits per heavy atom. The molecule has 0 spiro atoms. The van der Waals surface area contributed by atoms with Gasteiger partial charge in [-0.25, -0.2) is 0 Å². The number of aliphatic imine (C=N–C) groups is 1. The van der Waals surface area contributed by atoms with Crippen molar-refractivity contribution in [1.82, 2.24) is 15.0 Å². The molecule has 0 unspecified atom stereocenters. The van der Waals surface area contributed by atoms with Crippen molar-refractivity contribution in [1.29, 1.82) is 0 Å². The Balaban J connectivity index is 1.39. The van der Waals surface area contributed by atoms with Gasteiger partial charge in [-0.05, 0) is 126 Å². The molecule has 4 heterocycles. The minimum atomic E-state index is 0.814. The summed E-state index contributed by atoms with van der Waals surface area (Å²) >= 11 is 0. The zero-order valence-electron chi connectivity index (χ0n) is 24.0. The molecular weight excluding hydrogens is 524 g/mol. The number of benzene rings is 3. The summed E-state index contributed by atoms with van der Waals surface area (Å²) < 4.78 is 0. The van der Waals surface area contributed by atoms with Gasteiger partial charge in [0.05, 0.1) is 22.8 Å². The van der Waals surface area contributed by atoms with E-state index in [2.05, 4.69) is 107 Å². The van der Waals surface area contributed by atoms with E-state index in [1.807, 2.05) is 55.0 Å². The van der Waals surface area contributed by atoms with Crippen LogP contribution in [0, 0.1) is 6.92 Å². The van der Waals surface area contributed by atoms with Gasteiger partial charge in [-0.15, -0.1) is 0 Å². The molecule has 0 N–H and O–H groups in total. The molecule has 1 aliphatic rings. The Bertz CT molecular complexity index is 1900. The van der Waals surface area contributed by atoms with Crippen LogP contribution in [0.4, 0.5) is 0 Å². The maximum Gasteiger partial charge on any atom is 0.0702 e. The standard InChI is InChI=1S/C39H30N4/c1-27-18-28(30-21-32(36-10-2-6-14-40-36)25-33(22-30)37-11-3-7-15-41-37)20-29(19-27)31-23-34(38-12-4-8-16-42-38)26-35(24-31)39-13-5-9-17-43-39/h2-8,10-16,18-26H,9,17H2,1H3. The number of dihydropyridines is 1. The van der Waals surface area contributed by atoms with Gasteiger partial charge in [-0.1, -0.05) is 36.4 Å². The Morgan fingerprint density at radius 2 is 0.884 bits per heavy atom. The molecule has 4 nitrogen and oxygen atoms in total. The van der Waals surface area contributed by atoms with Crippen LogP contribution in [0.2, 0.25) is 0 Å². The van der Waals surface area contributed by atoms with Crippen LogP contribution in [0.1, 0.15) is 17.5 Å². The lowest BCUT2D eigenvalue weighted by Crippen LogP contribution is -2.03. The van der Waals surface area contributed by atoms with E-state index in [0.29, 0.717) is 0 Å². The number of nitrogens with zero attached hydrogens (tertiary/aromatic N) is 4. The molecule has 6 aromatic rings. The van der Waals surface area contributed by atoms with Crippen molar-refractivity contribution in [3.05, 3.63) is 151 Å². The molecule has 0 saturated carbocycles. The molecule has 43 heavy (non-hydrogen) atoms. The number of aryl methyl sites for hydroxylation is 1. The lowest BCUT2D eigenvalue weighted by molar-refractivity contribution is 0.994. The average Bonchev–Trinajstić information content (AvgIpc) is 3.09. The molecular formula is C39H30N4. The van der Waals surface area contributed by atoms with Gasteiger partial charge < -0.3 is 0 Å². The molecule has 7 rings (SSSR count). The molecule has 206 valence electrons. The van der Waals surface area contributed by atoms with E-state index in [1.54, 1.807) is 0 Å². The zero-order chi connectivity index (χ0) is 29.0. The maximum atomic E-state index is 4.83. The van der Waals surface area contributed by atoms with Crippen molar-refractivity contribution in [2.75, 3.05) is 6.54 Å². The molecule has 0 aliphatic carbocycles. The smallest absolute Gasteiger partial charge is 0.0702 e. The van der Waals surface area contributed by atoms with Crippen molar-refractivity contribution in [3.8, 4) is 56.0 Å². The molecule has 0 bridgehead atoms. The molecule has 1 aliphatic heterocycles. The number of pyridine rings is 3. The Hall–Kier alpha value is -5.48. The van der Waals surface area contributed by atoms with E-state index < -0.39 is 0 Å². The van der Waals surface area contributed by atoms with Crippen LogP contribution in [0.15, 0.2) is 145 Å². The highest BCUT2D eigenvalue weighted by atomic mass is 14.7. The van der Waals surface area contributed by atoms with E-state index in [4.69, 9.17) is 4.99 Å². The highest BCUT2D eigenvalue weighted by molar-refractivity contribution is 6.10. The van der Waals surface area contributed by atoms with Crippen LogP contribution in [-0.4, -0.2) is 27.2 Å². The highest BCUT2D eigenvalue weighted by Gasteiger charge is 2.14. The Labute approximate surface area is 252 Å². The SMILES string of the molecule is Cc1cc(-c2cc(C3=NCCC=C3)cc(-c3ccccn3)c2)cc(-c2cc(-c3ccccn3)cc(-c3ccccn3)c2)c1. The summed E-state index contributed by atoms with van der Waals surface area (Å²) in [7, 11) is 0. The van der Waals surface area contributed by atoms with Crippen molar-refractivity contribution >= 4 is 5.71 Å². The largest absolute Gasteiger partial charge is 0.284 e. The molecule has 0 radical (unpaired) electrons. The van der Waals surface area contributed by atoms with E-state index in [9.17, 15) is 0 Å². The minimum Gasteiger partial charge on any atom is -0.284 e. The third-order valence-electron chi connectivity index (χ3n) is 7.64. The van der Waals surface area contributed by atoms with Crippen LogP contribution in [0.25, 0.3) is 56.0 Å². The first kappa shape index (κ1) is 26.4. The Kier molecular flexibility index (Phi) is 7.24. The summed E-state index contributed by atoms with van der Waals surface area (Å²) in [6, 6.07) is 38.2. The lowest BCUT2D eigenvalue weighted by atomic mass is 9.91. The van der Waals surface area contributed by atoms with Gasteiger partial charge in [0.25, 0.3) is 0 Å². The second-order valence-corrected chi connectivity index (χ2v) is 10.8. The topological polar surface area (TPSA) is 51.0 Å². The number of allylic oxidation sites excluding steroid dienone is 1. The first-order valence-corrected chi connectivity index (χ1v) is 14.6. The summed E-state index contributed by atoms with van der Waals surface area (Å²) in [5.74, 6) is 0. The molecule has 3 aromatic heterocycles. The van der Waals surface area contributed by atoms with E-state index >= 15 is 0 Å². The summed E-state index contributed by atoms with van der Waals surface area (Å²) in [5, 5.41) is 0. The molecule has 4 heteroatoms. The number of aromatic nitrogens is 3. The van der Waals surface area contributed by atoms with E-state index in [1.165, 1.54) is 5.56 Å². The van der Waals surface area contributed by atoms with E-state index in [-0.39, 0.29) is 0 Å². The van der Waals surface area contributed by atoms with Gasteiger partial charge in [0.1, 0.15) is 0 Å². The summed E-state index contributed by atoms with van der Waals surface area (Å²) in [6.07, 6.45) is 10.8. The van der Waals surface area contributed by atoms with Crippen molar-refractivity contribution in [2.45, 2.75) is 13.3 Å². The average molecular weight is 555 g/mol. The Morgan fingerprint density at radius 3 is 1.33 bits per heavy atom. The summed E-state index contributed by atoms with van der Waals surface area (Å²) in [6.45, 7) is 2.97. The second kappa shape index (κ2) is 11.8. The fraction of sp³-hybridized carbons (Fsp3) is 0.0769. The fourth-order valence-electron chi connectivity index (χ4n) is 5.59. The van der Waals surface area contributed by atoms with Crippen LogP contribution in [0.3, 0.4) is 0 Å². The molecule has 0 saturated heterocycles. The zero-order valence-corrected chi connectivity index (χ0v) is 24.0. The van der Waals surface area contributed by atoms with Gasteiger partial charge in [0.2, 0.25) is 0 Å². The second-order valence-electron chi connectivity index (χ2n) is 10.8. The van der Waals surface area contributed by atoms with Crippen molar-refractivity contribution < 1.29 is 0 Å². The highest BCUT2D eigenvalue weighted by Crippen LogP contribution is 2.35. The first-order chi connectivity index (χ1) is 21.2. The van der Waals surface area contributed by atoms with Crippen LogP contribution in [-0.2, 0) is 0 Å². The first-order valence-electron chi connectivity index (χ1n) is 14.6. The third-order valence-corrected chi connectivity index (χ3v) is 7.64. The van der Waals surface area contributed by atoms with Crippen LogP contribution in [0.5, 0.6) is 0 Å². The quantitative estimate of drug-likeness (QED) is 0.206. The summed E-state index contributed by atoms with van der Waals surface area (Å²) in [5.41, 5.74) is 13.9. The van der Waals surface area contributed by atoms with Gasteiger partial charge in [0.15, 0.2) is 0 Å². The van der Waals surface area contributed by atoms with Crippen molar-refractivity contribution in [2.24, 2.45) is 4.99 Å². The van der Waals surface area contributed by atoms with E-state index in [0.717, 1.165) is 80.3 Å². The predicted octanol–water partition coefficient (Wildman–Crippen LogP) is 9.26. The van der Waals surface area contributed by atoms with Gasteiger partial charge in [-0.2, -0.15) is 0 Å². The van der Waals surface area contributed by atoms with Gasteiger partial charge >= 0.3 is 0 Å². The molecule has 0 atom stereocenters. The predicted molar refractivity (Wildman–Crippen MR) is 177 cm³/mol. The number of rotatable bonds is 6. The number of hydrogen-bond acceptors (Lipinski definition) is 4. The van der Waals surface area contributed by atoms with Gasteiger partial charge in [0, 0.05) is 47.4 Å². The maximum absolute atomic E-state index is 4.83. The number of hydrogen-bond donors (Lipinski definition) is 0. The third kappa shape index (κ3) is 5.81.